The largest absolute Gasteiger partial charge is 0.322 e. The Labute approximate surface area is 145 Å². The summed E-state index contributed by atoms with van der Waals surface area (Å²) in [5, 5.41) is 4.30. The van der Waals surface area contributed by atoms with Crippen molar-refractivity contribution in [2.24, 2.45) is 12.0 Å². The quantitative estimate of drug-likeness (QED) is 0.790. The van der Waals surface area contributed by atoms with Crippen molar-refractivity contribution in [2.75, 3.05) is 6.54 Å². The maximum Gasteiger partial charge on any atom is 0.288 e. The standard InChI is InChI=1S/C17H21ClF2N4/c1-9-7-10(2)15-21-16(3,4)8-24(15)13(9)12-11(18)14(17(5,19)20)23(6)22-12/h7H,8H2,1-6H3. The van der Waals surface area contributed by atoms with Gasteiger partial charge in [0.1, 0.15) is 17.2 Å². The number of halogens is 3. The van der Waals surface area contributed by atoms with E-state index in [1.165, 1.54) is 11.7 Å². The molecule has 0 saturated heterocycles. The van der Waals surface area contributed by atoms with Crippen LogP contribution in [0.2, 0.25) is 5.02 Å². The summed E-state index contributed by atoms with van der Waals surface area (Å²) in [5.74, 6) is -2.21. The van der Waals surface area contributed by atoms with Crippen LogP contribution in [0.15, 0.2) is 22.2 Å². The van der Waals surface area contributed by atoms with E-state index in [1.54, 1.807) is 0 Å². The van der Waals surface area contributed by atoms with Gasteiger partial charge >= 0.3 is 0 Å². The lowest BCUT2D eigenvalue weighted by Gasteiger charge is -2.29. The Morgan fingerprint density at radius 3 is 2.46 bits per heavy atom. The highest BCUT2D eigenvalue weighted by atomic mass is 35.5. The minimum atomic E-state index is -3.06. The first kappa shape index (κ1) is 17.1. The Balaban J connectivity index is 2.20. The smallest absolute Gasteiger partial charge is 0.288 e. The van der Waals surface area contributed by atoms with Crippen LogP contribution < -0.4 is 0 Å². The van der Waals surface area contributed by atoms with Gasteiger partial charge in [-0.3, -0.25) is 9.67 Å². The van der Waals surface area contributed by atoms with Gasteiger partial charge in [0.05, 0.1) is 16.3 Å². The number of hydrogen-bond acceptors (Lipinski definition) is 3. The second-order valence-electron chi connectivity index (χ2n) is 7.22. The molecule has 0 amide bonds. The number of hydrogen-bond donors (Lipinski definition) is 0. The first-order valence-corrected chi connectivity index (χ1v) is 8.18. The van der Waals surface area contributed by atoms with Crippen LogP contribution in [0.4, 0.5) is 8.78 Å². The molecular formula is C17H21ClF2N4. The monoisotopic (exact) mass is 354 g/mol. The van der Waals surface area contributed by atoms with Crippen molar-refractivity contribution in [1.29, 1.82) is 0 Å². The van der Waals surface area contributed by atoms with Crippen molar-refractivity contribution in [3.05, 3.63) is 33.6 Å². The lowest BCUT2D eigenvalue weighted by molar-refractivity contribution is 0.00895. The van der Waals surface area contributed by atoms with Crippen LogP contribution in [-0.4, -0.2) is 32.6 Å². The van der Waals surface area contributed by atoms with E-state index >= 15 is 0 Å². The van der Waals surface area contributed by atoms with E-state index in [4.69, 9.17) is 16.6 Å². The first-order valence-electron chi connectivity index (χ1n) is 7.80. The molecule has 0 spiro atoms. The lowest BCUT2D eigenvalue weighted by Crippen LogP contribution is -2.34. The summed E-state index contributed by atoms with van der Waals surface area (Å²) in [5.41, 5.74) is 2.59. The zero-order chi connectivity index (χ0) is 18.0. The summed E-state index contributed by atoms with van der Waals surface area (Å²) in [6.07, 6.45) is 2.00. The third-order valence-electron chi connectivity index (χ3n) is 4.27. The molecule has 0 aliphatic carbocycles. The number of amidine groups is 1. The van der Waals surface area contributed by atoms with E-state index < -0.39 is 5.92 Å². The van der Waals surface area contributed by atoms with Crippen LogP contribution >= 0.6 is 11.6 Å². The van der Waals surface area contributed by atoms with Crippen molar-refractivity contribution in [1.82, 2.24) is 14.7 Å². The summed E-state index contributed by atoms with van der Waals surface area (Å²) in [6.45, 7) is 9.52. The molecule has 0 bridgehead atoms. The predicted molar refractivity (Wildman–Crippen MR) is 92.4 cm³/mol. The predicted octanol–water partition coefficient (Wildman–Crippen LogP) is 4.37. The van der Waals surface area contributed by atoms with Crippen LogP contribution in [-0.2, 0) is 13.0 Å². The molecule has 4 nitrogen and oxygen atoms in total. The number of nitrogens with zero attached hydrogens (tertiary/aromatic N) is 4. The molecule has 0 N–H and O–H groups in total. The summed E-state index contributed by atoms with van der Waals surface area (Å²) in [4.78, 5) is 6.79. The van der Waals surface area contributed by atoms with E-state index in [0.29, 0.717) is 12.2 Å². The molecule has 0 aromatic carbocycles. The molecule has 2 aliphatic heterocycles. The van der Waals surface area contributed by atoms with Crippen LogP contribution in [0.5, 0.6) is 0 Å². The first-order chi connectivity index (χ1) is 10.9. The van der Waals surface area contributed by atoms with Gasteiger partial charge in [0.15, 0.2) is 0 Å². The fraction of sp³-hybridized carbons (Fsp3) is 0.529. The average molecular weight is 355 g/mol. The molecule has 7 heteroatoms. The highest BCUT2D eigenvalue weighted by Gasteiger charge is 2.40. The summed E-state index contributed by atoms with van der Waals surface area (Å²) >= 11 is 6.33. The maximum absolute atomic E-state index is 13.9. The molecule has 0 radical (unpaired) electrons. The minimum Gasteiger partial charge on any atom is -0.322 e. The molecule has 3 rings (SSSR count). The normalized spacial score (nSPS) is 20.3. The molecule has 1 aromatic heterocycles. The molecule has 0 unspecified atom stereocenters. The molecular weight excluding hydrogens is 334 g/mol. The number of aliphatic imine (C=N–C) groups is 1. The molecule has 0 atom stereocenters. The Kier molecular flexibility index (Phi) is 3.68. The topological polar surface area (TPSA) is 33.4 Å². The maximum atomic E-state index is 13.9. The van der Waals surface area contributed by atoms with Gasteiger partial charge < -0.3 is 4.90 Å². The van der Waals surface area contributed by atoms with Gasteiger partial charge in [-0.25, -0.2) is 0 Å². The number of aryl methyl sites for hydroxylation is 1. The number of allylic oxidation sites excluding steroid dienone is 2. The third-order valence-corrected chi connectivity index (χ3v) is 4.63. The number of alkyl halides is 2. The van der Waals surface area contributed by atoms with Crippen molar-refractivity contribution in [3.63, 3.8) is 0 Å². The van der Waals surface area contributed by atoms with Crippen LogP contribution in [0.3, 0.4) is 0 Å². The van der Waals surface area contributed by atoms with Crippen molar-refractivity contribution >= 4 is 23.1 Å². The molecule has 0 saturated carbocycles. The summed E-state index contributed by atoms with van der Waals surface area (Å²) in [6, 6.07) is 0. The highest BCUT2D eigenvalue weighted by molar-refractivity contribution is 6.33. The molecule has 0 fully saturated rings. The zero-order valence-electron chi connectivity index (χ0n) is 14.7. The van der Waals surface area contributed by atoms with Gasteiger partial charge in [0, 0.05) is 20.5 Å². The molecule has 2 aliphatic rings. The number of rotatable bonds is 2. The van der Waals surface area contributed by atoms with E-state index in [0.717, 1.165) is 29.6 Å². The molecule has 3 heterocycles. The SMILES string of the molecule is CC1=CC(C)=C(c2nn(C)c(C(C)(F)F)c2Cl)N2CC(C)(C)N=C12. The van der Waals surface area contributed by atoms with Crippen molar-refractivity contribution in [3.8, 4) is 0 Å². The van der Waals surface area contributed by atoms with Crippen molar-refractivity contribution < 1.29 is 8.78 Å². The Bertz CT molecular complexity index is 809. The van der Waals surface area contributed by atoms with Gasteiger partial charge in [-0.1, -0.05) is 17.7 Å². The summed E-state index contributed by atoms with van der Waals surface area (Å²) < 4.78 is 29.0. The van der Waals surface area contributed by atoms with E-state index in [-0.39, 0.29) is 16.3 Å². The second kappa shape index (κ2) is 5.15. The Morgan fingerprint density at radius 1 is 1.29 bits per heavy atom. The fourth-order valence-electron chi connectivity index (χ4n) is 3.44. The minimum absolute atomic E-state index is 0.00337. The Hall–Kier alpha value is -1.69. The van der Waals surface area contributed by atoms with E-state index in [2.05, 4.69) is 5.10 Å². The van der Waals surface area contributed by atoms with Crippen LogP contribution in [0.1, 0.15) is 46.0 Å². The van der Waals surface area contributed by atoms with Gasteiger partial charge in [-0.15, -0.1) is 0 Å². The van der Waals surface area contributed by atoms with E-state index in [9.17, 15) is 8.78 Å². The van der Waals surface area contributed by atoms with Gasteiger partial charge in [0.2, 0.25) is 0 Å². The van der Waals surface area contributed by atoms with Gasteiger partial charge in [0.25, 0.3) is 5.92 Å². The number of aromatic nitrogens is 2. The van der Waals surface area contributed by atoms with Crippen LogP contribution in [0, 0.1) is 0 Å². The lowest BCUT2D eigenvalue weighted by atomic mass is 10.0. The molecule has 24 heavy (non-hydrogen) atoms. The van der Waals surface area contributed by atoms with Gasteiger partial charge in [-0.2, -0.15) is 13.9 Å². The fourth-order valence-corrected chi connectivity index (χ4v) is 3.86. The van der Waals surface area contributed by atoms with Crippen molar-refractivity contribution in [2.45, 2.75) is 46.1 Å². The van der Waals surface area contributed by atoms with Crippen LogP contribution in [0.25, 0.3) is 5.70 Å². The highest BCUT2D eigenvalue weighted by Crippen LogP contribution is 2.42. The second-order valence-corrected chi connectivity index (χ2v) is 7.59. The Morgan fingerprint density at radius 2 is 1.92 bits per heavy atom. The summed E-state index contributed by atoms with van der Waals surface area (Å²) in [7, 11) is 1.49. The third kappa shape index (κ3) is 2.57. The average Bonchev–Trinajstić information content (AvgIpc) is 2.86. The zero-order valence-corrected chi connectivity index (χ0v) is 15.5. The van der Waals surface area contributed by atoms with E-state index in [1.807, 2.05) is 38.7 Å². The molecule has 130 valence electrons. The molecule has 1 aromatic rings. The number of fused-ring (bicyclic) bond motifs is 1. The van der Waals surface area contributed by atoms with Gasteiger partial charge in [-0.05, 0) is 38.8 Å².